The zero-order valence-electron chi connectivity index (χ0n) is 21.4. The number of aliphatic hydroxyl groups is 6. The minimum Gasteiger partial charge on any atom is -0.509 e. The molecule has 0 radical (unpaired) electrons. The van der Waals surface area contributed by atoms with Gasteiger partial charge in [-0.1, -0.05) is 102 Å². The van der Waals surface area contributed by atoms with E-state index in [1.54, 1.807) is 84.6 Å². The second kappa shape index (κ2) is 13.7. The molecule has 206 valence electrons. The molecule has 8 heteroatoms. The van der Waals surface area contributed by atoms with Crippen LogP contribution in [0.3, 0.4) is 0 Å². The maximum absolute atomic E-state index is 11.6. The highest BCUT2D eigenvalue weighted by Crippen LogP contribution is 2.40. The van der Waals surface area contributed by atoms with E-state index in [0.717, 1.165) is 9.79 Å². The molecule has 0 aromatic heterocycles. The first kappa shape index (κ1) is 29.5. The molecule has 0 fully saturated rings. The van der Waals surface area contributed by atoms with Crippen molar-refractivity contribution in [3.05, 3.63) is 138 Å². The van der Waals surface area contributed by atoms with Crippen molar-refractivity contribution in [2.75, 3.05) is 0 Å². The lowest BCUT2D eigenvalue weighted by molar-refractivity contribution is -0.120. The van der Waals surface area contributed by atoms with Gasteiger partial charge in [0.05, 0.1) is 0 Å². The number of thioether (sulfide) groups is 1. The summed E-state index contributed by atoms with van der Waals surface area (Å²) in [4.78, 5) is -0.0436. The molecule has 4 rings (SSSR count). The molecule has 4 atom stereocenters. The number of aliphatic hydroxyl groups excluding tert-OH is 5. The Morgan fingerprint density at radius 2 is 1.02 bits per heavy atom. The van der Waals surface area contributed by atoms with Gasteiger partial charge in [0.2, 0.25) is 0 Å². The molecule has 40 heavy (non-hydrogen) atoms. The monoisotopic (exact) mass is 574 g/mol. The molecular formula is C32H30O6S2. The molecule has 6 N–H and O–H groups in total. The van der Waals surface area contributed by atoms with E-state index >= 15 is 0 Å². The average Bonchev–Trinajstić information content (AvgIpc) is 2.98. The first-order valence-corrected chi connectivity index (χ1v) is 14.1. The third-order valence-electron chi connectivity index (χ3n) is 6.01. The van der Waals surface area contributed by atoms with Crippen molar-refractivity contribution >= 4 is 35.7 Å². The fourth-order valence-electron chi connectivity index (χ4n) is 3.87. The van der Waals surface area contributed by atoms with E-state index in [-0.39, 0.29) is 0 Å². The van der Waals surface area contributed by atoms with Crippen molar-refractivity contribution in [2.24, 2.45) is 0 Å². The molecule has 0 aliphatic carbocycles. The Bertz CT molecular complexity index is 1410. The van der Waals surface area contributed by atoms with Crippen LogP contribution < -0.4 is 0 Å². The maximum atomic E-state index is 11.6. The Hall–Kier alpha value is -3.50. The third-order valence-corrected chi connectivity index (χ3v) is 8.33. The van der Waals surface area contributed by atoms with Gasteiger partial charge in [-0.15, -0.1) is 0 Å². The third kappa shape index (κ3) is 7.57. The predicted molar refractivity (Wildman–Crippen MR) is 160 cm³/mol. The first-order chi connectivity index (χ1) is 19.3. The lowest BCUT2D eigenvalue weighted by Gasteiger charge is -2.38. The second-order valence-electron chi connectivity index (χ2n) is 8.99. The Balaban J connectivity index is 1.57. The van der Waals surface area contributed by atoms with Gasteiger partial charge in [-0.2, -0.15) is 0 Å². The fraction of sp³-hybridized carbons (Fsp3) is 0.125. The number of hydrogen-bond donors (Lipinski definition) is 6. The quantitative estimate of drug-likeness (QED) is 0.0744. The average molecular weight is 575 g/mol. The minimum atomic E-state index is -2.55. The van der Waals surface area contributed by atoms with Crippen LogP contribution in [0.1, 0.15) is 11.1 Å². The predicted octanol–water partition coefficient (Wildman–Crippen LogP) is 5.90. The Labute approximate surface area is 241 Å². The Morgan fingerprint density at radius 1 is 0.575 bits per heavy atom. The topological polar surface area (TPSA) is 121 Å². The minimum absolute atomic E-state index is 0.456. The lowest BCUT2D eigenvalue weighted by atomic mass is 9.98. The van der Waals surface area contributed by atoms with Crippen molar-refractivity contribution in [3.63, 3.8) is 0 Å². The van der Waals surface area contributed by atoms with E-state index in [1.807, 2.05) is 42.5 Å². The molecular weight excluding hydrogens is 544 g/mol. The smallest absolute Gasteiger partial charge is 0.176 e. The highest BCUT2D eigenvalue weighted by Gasteiger charge is 2.50. The fourth-order valence-corrected chi connectivity index (χ4v) is 5.86. The molecule has 4 aromatic carbocycles. The molecule has 0 aliphatic heterocycles. The van der Waals surface area contributed by atoms with Crippen molar-refractivity contribution in [3.8, 4) is 0 Å². The summed E-state index contributed by atoms with van der Waals surface area (Å²) in [6.45, 7) is 0. The zero-order valence-corrected chi connectivity index (χ0v) is 23.0. The molecule has 0 unspecified atom stereocenters. The van der Waals surface area contributed by atoms with Crippen molar-refractivity contribution < 1.29 is 30.6 Å². The molecule has 0 aliphatic rings. The van der Waals surface area contributed by atoms with Crippen LogP contribution in [0.15, 0.2) is 141 Å². The second-order valence-corrected chi connectivity index (χ2v) is 11.5. The SMILES string of the molecule is OC(=Cc1ccccc1)[C@@H](O)[C@](O)(Sc1ccccc1)[C@H](O)[C@@H](O)C(O)=Cc1ccc(Sc2ccccc2)cc1. The molecule has 6 nitrogen and oxygen atoms in total. The summed E-state index contributed by atoms with van der Waals surface area (Å²) in [7, 11) is 0. The van der Waals surface area contributed by atoms with Gasteiger partial charge >= 0.3 is 0 Å². The highest BCUT2D eigenvalue weighted by molar-refractivity contribution is 8.00. The van der Waals surface area contributed by atoms with Crippen LogP contribution in [0.25, 0.3) is 12.2 Å². The molecule has 0 bridgehead atoms. The van der Waals surface area contributed by atoms with E-state index in [2.05, 4.69) is 0 Å². The van der Waals surface area contributed by atoms with E-state index in [4.69, 9.17) is 0 Å². The summed E-state index contributed by atoms with van der Waals surface area (Å²) in [5.41, 5.74) is 1.10. The summed E-state index contributed by atoms with van der Waals surface area (Å²) in [6, 6.07) is 34.2. The Kier molecular flexibility index (Phi) is 10.1. The van der Waals surface area contributed by atoms with E-state index in [0.29, 0.717) is 27.8 Å². The van der Waals surface area contributed by atoms with Crippen LogP contribution in [0.2, 0.25) is 0 Å². The van der Waals surface area contributed by atoms with Gasteiger partial charge in [-0.05, 0) is 59.7 Å². The summed E-state index contributed by atoms with van der Waals surface area (Å²) >= 11 is 2.23. The van der Waals surface area contributed by atoms with E-state index in [1.165, 1.54) is 12.2 Å². The van der Waals surface area contributed by atoms with Gasteiger partial charge in [-0.25, -0.2) is 0 Å². The van der Waals surface area contributed by atoms with Gasteiger partial charge in [-0.3, -0.25) is 0 Å². The molecule has 4 aromatic rings. The maximum Gasteiger partial charge on any atom is 0.176 e. The van der Waals surface area contributed by atoms with E-state index in [9.17, 15) is 30.6 Å². The number of hydrogen-bond acceptors (Lipinski definition) is 8. The van der Waals surface area contributed by atoms with Gasteiger partial charge in [0.25, 0.3) is 0 Å². The van der Waals surface area contributed by atoms with Crippen molar-refractivity contribution in [1.82, 2.24) is 0 Å². The van der Waals surface area contributed by atoms with Gasteiger partial charge in [0.1, 0.15) is 23.7 Å². The molecule has 0 amide bonds. The highest BCUT2D eigenvalue weighted by atomic mass is 32.2. The summed E-state index contributed by atoms with van der Waals surface area (Å²) in [5, 5.41) is 66.0. The normalized spacial score (nSPS) is 16.1. The number of benzene rings is 4. The molecule has 0 saturated heterocycles. The zero-order chi connectivity index (χ0) is 28.5. The van der Waals surface area contributed by atoms with E-state index < -0.39 is 34.8 Å². The first-order valence-electron chi connectivity index (χ1n) is 12.5. The van der Waals surface area contributed by atoms with Crippen molar-refractivity contribution in [1.29, 1.82) is 0 Å². The van der Waals surface area contributed by atoms with Crippen LogP contribution in [0.4, 0.5) is 0 Å². The van der Waals surface area contributed by atoms with Crippen molar-refractivity contribution in [2.45, 2.75) is 37.9 Å². The summed E-state index contributed by atoms with van der Waals surface area (Å²) in [6.07, 6.45) is -3.60. The molecule has 0 heterocycles. The van der Waals surface area contributed by atoms with Crippen LogP contribution in [0, 0.1) is 0 Å². The standard InChI is InChI=1S/C32H30O6S2/c33-27(20-23-16-18-25(19-17-23)39-24-12-6-2-7-13-24)29(35)31(37)32(38,40-26-14-8-3-9-15-26)30(36)28(34)21-22-10-4-1-5-11-22/h1-21,29-31,33-38H/t29-,30+,31+,32-/m0/s1. The molecule has 0 saturated carbocycles. The van der Waals surface area contributed by atoms with Gasteiger partial charge in [0.15, 0.2) is 11.0 Å². The van der Waals surface area contributed by atoms with Gasteiger partial charge in [0, 0.05) is 14.7 Å². The Morgan fingerprint density at radius 3 is 1.60 bits per heavy atom. The largest absolute Gasteiger partial charge is 0.509 e. The van der Waals surface area contributed by atoms with Crippen LogP contribution >= 0.6 is 23.5 Å². The summed E-state index contributed by atoms with van der Waals surface area (Å²) in [5.74, 6) is -1.25. The number of rotatable bonds is 11. The van der Waals surface area contributed by atoms with Crippen LogP contribution in [-0.2, 0) is 0 Å². The van der Waals surface area contributed by atoms with Crippen LogP contribution in [0.5, 0.6) is 0 Å². The van der Waals surface area contributed by atoms with Gasteiger partial charge < -0.3 is 30.6 Å². The lowest BCUT2D eigenvalue weighted by Crippen LogP contribution is -2.55. The molecule has 0 spiro atoms. The van der Waals surface area contributed by atoms with Crippen LogP contribution in [-0.4, -0.2) is 53.9 Å². The summed E-state index contributed by atoms with van der Waals surface area (Å²) < 4.78 is 0.